The molecule has 9 heteroatoms. The third kappa shape index (κ3) is 5.20. The molecule has 29 heavy (non-hydrogen) atoms. The minimum Gasteiger partial charge on any atom is -0.451 e. The van der Waals surface area contributed by atoms with Crippen molar-refractivity contribution in [2.75, 3.05) is 13.1 Å². The van der Waals surface area contributed by atoms with E-state index < -0.39 is 34.5 Å². The highest BCUT2D eigenvalue weighted by Crippen LogP contribution is 2.22. The number of rotatable bonds is 7. The van der Waals surface area contributed by atoms with Crippen LogP contribution in [-0.4, -0.2) is 45.3 Å². The van der Waals surface area contributed by atoms with Gasteiger partial charge in [0.25, 0.3) is 15.9 Å². The van der Waals surface area contributed by atoms with E-state index in [4.69, 9.17) is 4.74 Å². The van der Waals surface area contributed by atoms with Crippen molar-refractivity contribution in [2.24, 2.45) is 4.99 Å². The molecule has 0 unspecified atom stereocenters. The Balaban J connectivity index is 1.49. The maximum atomic E-state index is 12.1. The highest BCUT2D eigenvalue weighted by Gasteiger charge is 2.30. The fourth-order valence-electron chi connectivity index (χ4n) is 2.80. The SMILES string of the molecule is C[C@@H](OC(=O)CN=C1NS(=O)(=O)c2ccccc21)C(=O)NCCc1ccccc1. The zero-order valence-corrected chi connectivity index (χ0v) is 16.6. The minimum atomic E-state index is -3.67. The molecule has 0 radical (unpaired) electrons. The molecule has 0 saturated heterocycles. The van der Waals surface area contributed by atoms with Crippen molar-refractivity contribution in [3.63, 3.8) is 0 Å². The zero-order valence-electron chi connectivity index (χ0n) is 15.8. The number of esters is 1. The smallest absolute Gasteiger partial charge is 0.328 e. The molecular weight excluding hydrogens is 394 g/mol. The number of nitrogens with zero attached hydrogens (tertiary/aromatic N) is 1. The van der Waals surface area contributed by atoms with Crippen LogP contribution in [0.3, 0.4) is 0 Å². The Labute approximate surface area is 169 Å². The molecular formula is C20H21N3O5S. The molecule has 1 aliphatic rings. The van der Waals surface area contributed by atoms with Gasteiger partial charge >= 0.3 is 5.97 Å². The van der Waals surface area contributed by atoms with Crippen LogP contribution in [0.5, 0.6) is 0 Å². The van der Waals surface area contributed by atoms with E-state index in [1.165, 1.54) is 13.0 Å². The maximum absolute atomic E-state index is 12.1. The summed E-state index contributed by atoms with van der Waals surface area (Å²) in [4.78, 5) is 28.2. The summed E-state index contributed by atoms with van der Waals surface area (Å²) in [5, 5.41) is 2.71. The number of amides is 1. The van der Waals surface area contributed by atoms with Gasteiger partial charge in [0, 0.05) is 12.1 Å². The topological polar surface area (TPSA) is 114 Å². The normalized spacial score (nSPS) is 16.5. The molecule has 2 aromatic carbocycles. The highest BCUT2D eigenvalue weighted by molar-refractivity contribution is 7.90. The van der Waals surface area contributed by atoms with E-state index in [9.17, 15) is 18.0 Å². The minimum absolute atomic E-state index is 0.0810. The number of aliphatic imine (C=N–C) groups is 1. The summed E-state index contributed by atoms with van der Waals surface area (Å²) in [7, 11) is -3.67. The van der Waals surface area contributed by atoms with Gasteiger partial charge < -0.3 is 10.1 Å². The first-order valence-corrected chi connectivity index (χ1v) is 10.5. The number of sulfonamides is 1. The summed E-state index contributed by atoms with van der Waals surface area (Å²) in [5.41, 5.74) is 1.49. The van der Waals surface area contributed by atoms with Crippen LogP contribution < -0.4 is 10.0 Å². The van der Waals surface area contributed by atoms with E-state index in [2.05, 4.69) is 15.0 Å². The van der Waals surface area contributed by atoms with Gasteiger partial charge in [-0.25, -0.2) is 8.42 Å². The molecule has 2 aromatic rings. The lowest BCUT2D eigenvalue weighted by atomic mass is 10.1. The molecule has 3 rings (SSSR count). The summed E-state index contributed by atoms with van der Waals surface area (Å²) >= 11 is 0. The largest absolute Gasteiger partial charge is 0.451 e. The Kier molecular flexibility index (Phi) is 6.28. The molecule has 0 aromatic heterocycles. The molecule has 0 fully saturated rings. The quantitative estimate of drug-likeness (QED) is 0.656. The molecule has 8 nitrogen and oxygen atoms in total. The van der Waals surface area contributed by atoms with Crippen LogP contribution in [0.2, 0.25) is 0 Å². The number of amidine groups is 1. The molecule has 1 amide bonds. The molecule has 2 N–H and O–H groups in total. The molecule has 1 atom stereocenters. The predicted octanol–water partition coefficient (Wildman–Crippen LogP) is 1.02. The third-order valence-electron chi connectivity index (χ3n) is 4.26. The lowest BCUT2D eigenvalue weighted by Gasteiger charge is -2.13. The van der Waals surface area contributed by atoms with Crippen molar-refractivity contribution in [3.8, 4) is 0 Å². The number of hydrogen-bond acceptors (Lipinski definition) is 6. The number of fused-ring (bicyclic) bond motifs is 1. The summed E-state index contributed by atoms with van der Waals surface area (Å²) < 4.78 is 31.4. The van der Waals surface area contributed by atoms with Crippen LogP contribution >= 0.6 is 0 Å². The number of ether oxygens (including phenoxy) is 1. The number of hydrogen-bond donors (Lipinski definition) is 2. The van der Waals surface area contributed by atoms with Gasteiger partial charge in [0.15, 0.2) is 6.10 Å². The van der Waals surface area contributed by atoms with E-state index >= 15 is 0 Å². The van der Waals surface area contributed by atoms with Gasteiger partial charge in [0.05, 0.1) is 4.90 Å². The van der Waals surface area contributed by atoms with Crippen molar-refractivity contribution in [1.29, 1.82) is 0 Å². The van der Waals surface area contributed by atoms with Gasteiger partial charge in [-0.15, -0.1) is 0 Å². The van der Waals surface area contributed by atoms with Crippen LogP contribution in [0, 0.1) is 0 Å². The first kappa shape index (κ1) is 20.5. The Hall–Kier alpha value is -3.20. The van der Waals surface area contributed by atoms with Gasteiger partial charge in [0.1, 0.15) is 12.4 Å². The fourth-order valence-corrected chi connectivity index (χ4v) is 4.05. The van der Waals surface area contributed by atoms with Crippen LogP contribution in [0.15, 0.2) is 64.5 Å². The molecule has 1 aliphatic heterocycles. The second kappa shape index (κ2) is 8.87. The molecule has 1 heterocycles. The Bertz CT molecular complexity index is 1040. The number of carbonyl (C=O) groups is 2. The van der Waals surface area contributed by atoms with Gasteiger partial charge in [-0.05, 0) is 31.0 Å². The summed E-state index contributed by atoms with van der Waals surface area (Å²) in [6, 6.07) is 16.0. The van der Waals surface area contributed by atoms with Crippen molar-refractivity contribution in [1.82, 2.24) is 10.0 Å². The van der Waals surface area contributed by atoms with Crippen molar-refractivity contribution in [2.45, 2.75) is 24.3 Å². The van der Waals surface area contributed by atoms with Crippen LogP contribution in [-0.2, 0) is 30.8 Å². The van der Waals surface area contributed by atoms with Crippen molar-refractivity contribution < 1.29 is 22.7 Å². The second-order valence-corrected chi connectivity index (χ2v) is 8.08. The maximum Gasteiger partial charge on any atom is 0.328 e. The molecule has 152 valence electrons. The lowest BCUT2D eigenvalue weighted by Crippen LogP contribution is -2.37. The molecule has 0 spiro atoms. The summed E-state index contributed by atoms with van der Waals surface area (Å²) in [5.74, 6) is -1.06. The third-order valence-corrected chi connectivity index (χ3v) is 5.66. The Morgan fingerprint density at radius 1 is 1.10 bits per heavy atom. The van der Waals surface area contributed by atoms with Gasteiger partial charge in [-0.3, -0.25) is 19.3 Å². The number of benzene rings is 2. The van der Waals surface area contributed by atoms with Crippen LogP contribution in [0.4, 0.5) is 0 Å². The van der Waals surface area contributed by atoms with E-state index in [0.29, 0.717) is 18.5 Å². The highest BCUT2D eigenvalue weighted by atomic mass is 32.2. The second-order valence-electron chi connectivity index (χ2n) is 6.43. The van der Waals surface area contributed by atoms with Crippen LogP contribution in [0.1, 0.15) is 18.1 Å². The van der Waals surface area contributed by atoms with E-state index in [0.717, 1.165) is 5.56 Å². The van der Waals surface area contributed by atoms with Gasteiger partial charge in [0.2, 0.25) is 0 Å². The summed E-state index contributed by atoms with van der Waals surface area (Å²) in [6.45, 7) is 1.48. The van der Waals surface area contributed by atoms with E-state index in [1.807, 2.05) is 30.3 Å². The van der Waals surface area contributed by atoms with E-state index in [1.54, 1.807) is 18.2 Å². The van der Waals surface area contributed by atoms with Crippen molar-refractivity contribution >= 4 is 27.7 Å². The first-order chi connectivity index (χ1) is 13.9. The van der Waals surface area contributed by atoms with E-state index in [-0.39, 0.29) is 10.7 Å². The number of carbonyl (C=O) groups excluding carboxylic acids is 2. The monoisotopic (exact) mass is 415 g/mol. The first-order valence-electron chi connectivity index (χ1n) is 9.04. The van der Waals surface area contributed by atoms with Gasteiger partial charge in [-0.1, -0.05) is 42.5 Å². The standard InChI is InChI=1S/C20H21N3O5S/c1-14(20(25)21-12-11-15-7-3-2-4-8-15)28-18(24)13-22-19-16-9-5-6-10-17(16)29(26,27)23-19/h2-10,14H,11-13H2,1H3,(H,21,25)(H,22,23)/t14-/m1/s1. The van der Waals surface area contributed by atoms with Crippen molar-refractivity contribution in [3.05, 3.63) is 65.7 Å². The average molecular weight is 415 g/mol. The number of nitrogens with one attached hydrogen (secondary N) is 2. The summed E-state index contributed by atoms with van der Waals surface area (Å²) in [6.07, 6.45) is -0.313. The fraction of sp³-hybridized carbons (Fsp3) is 0.250. The predicted molar refractivity (Wildman–Crippen MR) is 107 cm³/mol. The average Bonchev–Trinajstić information content (AvgIpc) is 2.98. The molecule has 0 aliphatic carbocycles. The zero-order chi connectivity index (χ0) is 20.9. The van der Waals surface area contributed by atoms with Gasteiger partial charge in [-0.2, -0.15) is 0 Å². The Morgan fingerprint density at radius 3 is 2.55 bits per heavy atom. The molecule has 0 bridgehead atoms. The van der Waals surface area contributed by atoms with Crippen LogP contribution in [0.25, 0.3) is 0 Å². The lowest BCUT2D eigenvalue weighted by molar-refractivity contribution is -0.153. The molecule has 0 saturated carbocycles. The Morgan fingerprint density at radius 2 is 1.79 bits per heavy atom.